The Balaban J connectivity index is 1.86. The molecule has 0 saturated carbocycles. The van der Waals surface area contributed by atoms with Crippen LogP contribution in [-0.2, 0) is 4.79 Å². The van der Waals surface area contributed by atoms with E-state index in [2.05, 4.69) is 14.9 Å². The third-order valence-corrected chi connectivity index (χ3v) is 3.98. The Morgan fingerprint density at radius 3 is 2.65 bits per heavy atom. The van der Waals surface area contributed by atoms with Crippen LogP contribution in [-0.4, -0.2) is 48.4 Å². The molecule has 0 spiro atoms. The van der Waals surface area contributed by atoms with Crippen LogP contribution in [0, 0.1) is 5.92 Å². The van der Waals surface area contributed by atoms with Gasteiger partial charge in [-0.05, 0) is 6.07 Å². The van der Waals surface area contributed by atoms with E-state index in [4.69, 9.17) is 14.7 Å². The molecule has 8 nitrogen and oxygen atoms in total. The average Bonchev–Trinajstić information content (AvgIpc) is 2.55. The van der Waals surface area contributed by atoms with E-state index in [0.717, 1.165) is 16.7 Å². The predicted octanol–water partition coefficient (Wildman–Crippen LogP) is 0.979. The molecule has 0 atom stereocenters. The molecule has 1 aliphatic heterocycles. The molecule has 1 aromatic carbocycles. The van der Waals surface area contributed by atoms with Crippen LogP contribution in [0.3, 0.4) is 0 Å². The highest BCUT2D eigenvalue weighted by Crippen LogP contribution is 2.36. The molecule has 1 amide bonds. The summed E-state index contributed by atoms with van der Waals surface area (Å²) in [7, 11) is 3.17. The molecule has 1 aliphatic rings. The highest BCUT2D eigenvalue weighted by atomic mass is 16.5. The van der Waals surface area contributed by atoms with Gasteiger partial charge in [-0.15, -0.1) is 0 Å². The first-order chi connectivity index (χ1) is 11.2. The maximum atomic E-state index is 11.2. The summed E-state index contributed by atoms with van der Waals surface area (Å²) in [5, 5.41) is 9.45. The molecule has 23 heavy (non-hydrogen) atoms. The SMILES string of the molecule is COc1cc2ncnc(N3CC(CC(=O)NO)C3)c2cc1OC. The summed E-state index contributed by atoms with van der Waals surface area (Å²) in [4.78, 5) is 21.9. The standard InChI is InChI=1S/C15H18N4O4/c1-22-12-4-10-11(5-13(12)23-2)16-8-17-15(10)19-6-9(7-19)3-14(20)18-21/h4-5,8-9,21H,3,6-7H2,1-2H3,(H,18,20). The topological polar surface area (TPSA) is 96.8 Å². The van der Waals surface area contributed by atoms with Gasteiger partial charge >= 0.3 is 0 Å². The number of carbonyl (C=O) groups is 1. The molecule has 2 heterocycles. The van der Waals surface area contributed by atoms with Crippen LogP contribution in [0.2, 0.25) is 0 Å². The lowest BCUT2D eigenvalue weighted by Gasteiger charge is -2.40. The number of carbonyl (C=O) groups excluding carboxylic acids is 1. The number of nitrogens with one attached hydrogen (secondary N) is 1. The molecule has 1 aromatic heterocycles. The number of benzene rings is 1. The minimum atomic E-state index is -0.367. The second-order valence-electron chi connectivity index (χ2n) is 5.43. The fourth-order valence-corrected chi connectivity index (χ4v) is 2.80. The number of hydroxylamine groups is 1. The van der Waals surface area contributed by atoms with Crippen molar-refractivity contribution in [1.29, 1.82) is 0 Å². The molecule has 122 valence electrons. The molecule has 0 aliphatic carbocycles. The van der Waals surface area contributed by atoms with Crippen molar-refractivity contribution in [2.75, 3.05) is 32.2 Å². The Labute approximate surface area is 133 Å². The van der Waals surface area contributed by atoms with Crippen LogP contribution in [0.1, 0.15) is 6.42 Å². The maximum absolute atomic E-state index is 11.2. The van der Waals surface area contributed by atoms with E-state index in [9.17, 15) is 4.79 Å². The summed E-state index contributed by atoms with van der Waals surface area (Å²) in [6, 6.07) is 3.67. The number of amides is 1. The number of hydrogen-bond acceptors (Lipinski definition) is 7. The molecule has 3 rings (SSSR count). The Kier molecular flexibility index (Phi) is 4.16. The van der Waals surface area contributed by atoms with Crippen LogP contribution >= 0.6 is 0 Å². The number of ether oxygens (including phenoxy) is 2. The van der Waals surface area contributed by atoms with E-state index >= 15 is 0 Å². The highest BCUT2D eigenvalue weighted by molar-refractivity contribution is 5.92. The van der Waals surface area contributed by atoms with Crippen molar-refractivity contribution in [3.63, 3.8) is 0 Å². The molecule has 8 heteroatoms. The third-order valence-electron chi connectivity index (χ3n) is 3.98. The second kappa shape index (κ2) is 6.25. The zero-order valence-electron chi connectivity index (χ0n) is 12.9. The van der Waals surface area contributed by atoms with Crippen molar-refractivity contribution in [3.8, 4) is 11.5 Å². The lowest BCUT2D eigenvalue weighted by Crippen LogP contribution is -2.48. The largest absolute Gasteiger partial charge is 0.493 e. The van der Waals surface area contributed by atoms with Gasteiger partial charge < -0.3 is 14.4 Å². The Morgan fingerprint density at radius 1 is 1.30 bits per heavy atom. The molecular formula is C15H18N4O4. The second-order valence-corrected chi connectivity index (χ2v) is 5.43. The van der Waals surface area contributed by atoms with Crippen molar-refractivity contribution in [2.24, 2.45) is 5.92 Å². The van der Waals surface area contributed by atoms with Gasteiger partial charge in [-0.3, -0.25) is 10.0 Å². The van der Waals surface area contributed by atoms with Gasteiger partial charge in [0.2, 0.25) is 5.91 Å². The van der Waals surface area contributed by atoms with Crippen molar-refractivity contribution < 1.29 is 19.5 Å². The number of methoxy groups -OCH3 is 2. The molecule has 1 fully saturated rings. The summed E-state index contributed by atoms with van der Waals surface area (Å²) in [6.07, 6.45) is 1.81. The molecular weight excluding hydrogens is 300 g/mol. The summed E-state index contributed by atoms with van der Waals surface area (Å²) in [6.45, 7) is 1.40. The third kappa shape index (κ3) is 2.85. The van der Waals surface area contributed by atoms with Crippen LogP contribution in [0.5, 0.6) is 11.5 Å². The zero-order valence-corrected chi connectivity index (χ0v) is 12.9. The van der Waals surface area contributed by atoms with Crippen molar-refractivity contribution in [2.45, 2.75) is 6.42 Å². The van der Waals surface area contributed by atoms with E-state index < -0.39 is 0 Å². The van der Waals surface area contributed by atoms with Gasteiger partial charge in [-0.2, -0.15) is 0 Å². The van der Waals surface area contributed by atoms with Crippen LogP contribution in [0.25, 0.3) is 10.9 Å². The fourth-order valence-electron chi connectivity index (χ4n) is 2.80. The van der Waals surface area contributed by atoms with Crippen LogP contribution in [0.4, 0.5) is 5.82 Å². The minimum Gasteiger partial charge on any atom is -0.493 e. The first-order valence-electron chi connectivity index (χ1n) is 7.21. The van der Waals surface area contributed by atoms with E-state index in [1.165, 1.54) is 6.33 Å². The summed E-state index contributed by atoms with van der Waals surface area (Å²) in [5.74, 6) is 1.87. The number of rotatable bonds is 5. The number of anilines is 1. The van der Waals surface area contributed by atoms with Gasteiger partial charge in [-0.25, -0.2) is 15.4 Å². The lowest BCUT2D eigenvalue weighted by molar-refractivity contribution is -0.130. The van der Waals surface area contributed by atoms with Gasteiger partial charge in [-0.1, -0.05) is 0 Å². The van der Waals surface area contributed by atoms with E-state index in [1.807, 2.05) is 12.1 Å². The van der Waals surface area contributed by atoms with Gasteiger partial charge in [0, 0.05) is 36.9 Å². The van der Waals surface area contributed by atoms with E-state index in [0.29, 0.717) is 31.0 Å². The zero-order chi connectivity index (χ0) is 16.4. The molecule has 0 bridgehead atoms. The fraction of sp³-hybridized carbons (Fsp3) is 0.400. The van der Waals surface area contributed by atoms with Crippen molar-refractivity contribution in [3.05, 3.63) is 18.5 Å². The number of nitrogens with zero attached hydrogens (tertiary/aromatic N) is 3. The van der Waals surface area contributed by atoms with Crippen molar-refractivity contribution >= 4 is 22.6 Å². The number of aromatic nitrogens is 2. The number of hydrogen-bond donors (Lipinski definition) is 2. The monoisotopic (exact) mass is 318 g/mol. The van der Waals surface area contributed by atoms with Crippen LogP contribution in [0.15, 0.2) is 18.5 Å². The summed E-state index contributed by atoms with van der Waals surface area (Å²) in [5.41, 5.74) is 2.43. The van der Waals surface area contributed by atoms with Crippen LogP contribution < -0.4 is 19.9 Å². The Hall–Kier alpha value is -2.61. The molecule has 1 saturated heterocycles. The molecule has 2 aromatic rings. The van der Waals surface area contributed by atoms with E-state index in [1.54, 1.807) is 19.7 Å². The van der Waals surface area contributed by atoms with Gasteiger partial charge in [0.25, 0.3) is 0 Å². The average molecular weight is 318 g/mol. The Morgan fingerprint density at radius 2 is 2.00 bits per heavy atom. The number of fused-ring (bicyclic) bond motifs is 1. The quantitative estimate of drug-likeness (QED) is 0.626. The minimum absolute atomic E-state index is 0.201. The maximum Gasteiger partial charge on any atom is 0.243 e. The molecule has 2 N–H and O–H groups in total. The van der Waals surface area contributed by atoms with Gasteiger partial charge in [0.15, 0.2) is 11.5 Å². The van der Waals surface area contributed by atoms with Crippen molar-refractivity contribution in [1.82, 2.24) is 15.4 Å². The first kappa shape index (κ1) is 15.3. The lowest BCUT2D eigenvalue weighted by atomic mass is 9.95. The highest BCUT2D eigenvalue weighted by Gasteiger charge is 2.30. The normalized spacial score (nSPS) is 14.5. The molecule has 0 radical (unpaired) electrons. The predicted molar refractivity (Wildman–Crippen MR) is 82.9 cm³/mol. The van der Waals surface area contributed by atoms with E-state index in [-0.39, 0.29) is 11.8 Å². The van der Waals surface area contributed by atoms with Gasteiger partial charge in [0.1, 0.15) is 12.1 Å². The summed E-state index contributed by atoms with van der Waals surface area (Å²) >= 11 is 0. The smallest absolute Gasteiger partial charge is 0.243 e. The molecule has 0 unspecified atom stereocenters. The van der Waals surface area contributed by atoms with Gasteiger partial charge in [0.05, 0.1) is 19.7 Å². The summed E-state index contributed by atoms with van der Waals surface area (Å²) < 4.78 is 10.6. The first-order valence-corrected chi connectivity index (χ1v) is 7.21. The Bertz CT molecular complexity index is 731.